The largest absolute Gasteiger partial charge is 0.497 e. The molecule has 7 nitrogen and oxygen atoms in total. The van der Waals surface area contributed by atoms with Crippen molar-refractivity contribution >= 4 is 27.7 Å². The van der Waals surface area contributed by atoms with E-state index in [9.17, 15) is 9.59 Å². The Balaban J connectivity index is 1.58. The number of hydrogen-bond acceptors (Lipinski definition) is 5. The molecule has 30 heavy (non-hydrogen) atoms. The summed E-state index contributed by atoms with van der Waals surface area (Å²) >= 11 is 3.35. The number of ether oxygens (including phenoxy) is 2. The third kappa shape index (κ3) is 6.04. The maximum Gasteiger partial charge on any atom is 0.252 e. The lowest BCUT2D eigenvalue weighted by molar-refractivity contribution is -0.120. The minimum Gasteiger partial charge on any atom is -0.497 e. The van der Waals surface area contributed by atoms with Crippen molar-refractivity contribution in [3.05, 3.63) is 64.1 Å². The zero-order valence-electron chi connectivity index (χ0n) is 16.9. The summed E-state index contributed by atoms with van der Waals surface area (Å²) in [6.45, 7) is 3.29. The molecule has 160 valence electrons. The Morgan fingerprint density at radius 3 is 2.47 bits per heavy atom. The number of methoxy groups -OCH3 is 1. The standard InChI is InChI=1S/C22H26BrN3O4/c1-29-17-8-6-16(7-9-17)20(26-10-12-30-13-11-26)14-24-21(27)15-25-22(28)18-4-2-3-5-19(18)23/h2-9,20H,10-15H2,1H3,(H,24,27)(H,25,28)/t20-/m0/s1. The third-order valence-corrected chi connectivity index (χ3v) is 5.70. The van der Waals surface area contributed by atoms with Gasteiger partial charge in [0.2, 0.25) is 5.91 Å². The van der Waals surface area contributed by atoms with Gasteiger partial charge in [0.1, 0.15) is 5.75 Å². The molecule has 1 fully saturated rings. The van der Waals surface area contributed by atoms with E-state index in [2.05, 4.69) is 31.5 Å². The Kier molecular flexibility index (Phi) is 8.24. The van der Waals surface area contributed by atoms with Gasteiger partial charge in [0.15, 0.2) is 0 Å². The van der Waals surface area contributed by atoms with Gasteiger partial charge in [0, 0.05) is 24.1 Å². The number of amides is 2. The predicted molar refractivity (Wildman–Crippen MR) is 118 cm³/mol. The molecule has 2 aromatic carbocycles. The number of benzene rings is 2. The molecule has 1 atom stereocenters. The third-order valence-electron chi connectivity index (χ3n) is 5.01. The van der Waals surface area contributed by atoms with Crippen molar-refractivity contribution in [2.45, 2.75) is 6.04 Å². The number of nitrogens with zero attached hydrogens (tertiary/aromatic N) is 1. The first-order chi connectivity index (χ1) is 14.6. The monoisotopic (exact) mass is 475 g/mol. The second-order valence-electron chi connectivity index (χ2n) is 6.90. The highest BCUT2D eigenvalue weighted by molar-refractivity contribution is 9.10. The number of carbonyl (C=O) groups excluding carboxylic acids is 2. The minimum absolute atomic E-state index is 0.0164. The van der Waals surface area contributed by atoms with Crippen molar-refractivity contribution in [3.63, 3.8) is 0 Å². The number of halogens is 1. The van der Waals surface area contributed by atoms with Crippen LogP contribution in [0.4, 0.5) is 0 Å². The lowest BCUT2D eigenvalue weighted by Gasteiger charge is -2.35. The van der Waals surface area contributed by atoms with Gasteiger partial charge >= 0.3 is 0 Å². The second kappa shape index (κ2) is 11.1. The highest BCUT2D eigenvalue weighted by atomic mass is 79.9. The molecule has 0 bridgehead atoms. The van der Waals surface area contributed by atoms with Crippen molar-refractivity contribution in [1.29, 1.82) is 0 Å². The smallest absolute Gasteiger partial charge is 0.252 e. The van der Waals surface area contributed by atoms with Crippen LogP contribution in [0.15, 0.2) is 53.0 Å². The average Bonchev–Trinajstić information content (AvgIpc) is 2.79. The molecule has 2 N–H and O–H groups in total. The van der Waals surface area contributed by atoms with Crippen LogP contribution in [-0.4, -0.2) is 63.2 Å². The molecule has 0 spiro atoms. The van der Waals surface area contributed by atoms with Crippen LogP contribution in [0.3, 0.4) is 0 Å². The van der Waals surface area contributed by atoms with Gasteiger partial charge in [-0.05, 0) is 45.8 Å². The summed E-state index contributed by atoms with van der Waals surface area (Å²) in [5.41, 5.74) is 1.59. The van der Waals surface area contributed by atoms with Gasteiger partial charge in [0.25, 0.3) is 5.91 Å². The van der Waals surface area contributed by atoms with Crippen LogP contribution in [0.5, 0.6) is 5.75 Å². The molecule has 1 aliphatic heterocycles. The van der Waals surface area contributed by atoms with Gasteiger partial charge in [-0.3, -0.25) is 14.5 Å². The molecule has 0 aromatic heterocycles. The Morgan fingerprint density at radius 1 is 1.10 bits per heavy atom. The molecular formula is C22H26BrN3O4. The van der Waals surface area contributed by atoms with Gasteiger partial charge in [-0.15, -0.1) is 0 Å². The normalized spacial score (nSPS) is 15.3. The quantitative estimate of drug-likeness (QED) is 0.612. The zero-order chi connectivity index (χ0) is 21.3. The molecule has 1 saturated heterocycles. The fraction of sp³-hybridized carbons (Fsp3) is 0.364. The molecular weight excluding hydrogens is 450 g/mol. The molecule has 2 aromatic rings. The van der Waals surface area contributed by atoms with E-state index >= 15 is 0 Å². The van der Waals surface area contributed by atoms with Gasteiger partial charge < -0.3 is 20.1 Å². The summed E-state index contributed by atoms with van der Waals surface area (Å²) in [7, 11) is 1.64. The van der Waals surface area contributed by atoms with Crippen LogP contribution in [0.25, 0.3) is 0 Å². The molecule has 0 unspecified atom stereocenters. The van der Waals surface area contributed by atoms with E-state index in [4.69, 9.17) is 9.47 Å². The second-order valence-corrected chi connectivity index (χ2v) is 7.76. The SMILES string of the molecule is COc1ccc([C@H](CNC(=O)CNC(=O)c2ccccc2Br)N2CCOCC2)cc1. The fourth-order valence-electron chi connectivity index (χ4n) is 3.35. The number of rotatable bonds is 8. The van der Waals surface area contributed by atoms with Crippen molar-refractivity contribution in [1.82, 2.24) is 15.5 Å². The van der Waals surface area contributed by atoms with Crippen LogP contribution < -0.4 is 15.4 Å². The van der Waals surface area contributed by atoms with Crippen LogP contribution >= 0.6 is 15.9 Å². The van der Waals surface area contributed by atoms with Crippen molar-refractivity contribution in [2.24, 2.45) is 0 Å². The molecule has 3 rings (SSSR count). The Morgan fingerprint density at radius 2 is 1.80 bits per heavy atom. The molecule has 1 heterocycles. The lowest BCUT2D eigenvalue weighted by atomic mass is 10.0. The maximum absolute atomic E-state index is 12.4. The van der Waals surface area contributed by atoms with Crippen molar-refractivity contribution < 1.29 is 19.1 Å². The minimum atomic E-state index is -0.294. The predicted octanol–water partition coefficient (Wildman–Crippen LogP) is 2.38. The van der Waals surface area contributed by atoms with Crippen LogP contribution in [0.2, 0.25) is 0 Å². The van der Waals surface area contributed by atoms with Crippen molar-refractivity contribution in [3.8, 4) is 5.75 Å². The first-order valence-electron chi connectivity index (χ1n) is 9.83. The number of nitrogens with one attached hydrogen (secondary N) is 2. The van der Waals surface area contributed by atoms with Crippen LogP contribution in [-0.2, 0) is 9.53 Å². The van der Waals surface area contributed by atoms with Crippen LogP contribution in [0.1, 0.15) is 22.0 Å². The highest BCUT2D eigenvalue weighted by Crippen LogP contribution is 2.23. The summed E-state index contributed by atoms with van der Waals surface area (Å²) in [5.74, 6) is 0.262. The van der Waals surface area contributed by atoms with Crippen molar-refractivity contribution in [2.75, 3.05) is 46.5 Å². The topological polar surface area (TPSA) is 79.9 Å². The average molecular weight is 476 g/mol. The van der Waals surface area contributed by atoms with Gasteiger partial charge in [-0.2, -0.15) is 0 Å². The Labute approximate surface area is 184 Å². The molecule has 0 aliphatic carbocycles. The Hall–Kier alpha value is -2.42. The maximum atomic E-state index is 12.4. The lowest BCUT2D eigenvalue weighted by Crippen LogP contribution is -2.45. The van der Waals surface area contributed by atoms with E-state index in [1.807, 2.05) is 30.3 Å². The molecule has 2 amide bonds. The highest BCUT2D eigenvalue weighted by Gasteiger charge is 2.23. The molecule has 0 radical (unpaired) electrons. The molecule has 8 heteroatoms. The summed E-state index contributed by atoms with van der Waals surface area (Å²) in [6.07, 6.45) is 0. The summed E-state index contributed by atoms with van der Waals surface area (Å²) in [6, 6.07) is 15.0. The molecule has 1 aliphatic rings. The summed E-state index contributed by atoms with van der Waals surface area (Å²) < 4.78 is 11.4. The first kappa shape index (κ1) is 22.3. The van der Waals surface area contributed by atoms with E-state index in [0.29, 0.717) is 29.8 Å². The molecule has 0 saturated carbocycles. The van der Waals surface area contributed by atoms with Gasteiger partial charge in [0.05, 0.1) is 38.5 Å². The first-order valence-corrected chi connectivity index (χ1v) is 10.6. The van der Waals surface area contributed by atoms with E-state index in [0.717, 1.165) is 24.4 Å². The zero-order valence-corrected chi connectivity index (χ0v) is 18.5. The summed E-state index contributed by atoms with van der Waals surface area (Å²) in [4.78, 5) is 27.0. The van der Waals surface area contributed by atoms with E-state index in [-0.39, 0.29) is 24.4 Å². The van der Waals surface area contributed by atoms with Gasteiger partial charge in [-0.25, -0.2) is 0 Å². The number of hydrogen-bond donors (Lipinski definition) is 2. The van der Waals surface area contributed by atoms with E-state index in [1.165, 1.54) is 0 Å². The van der Waals surface area contributed by atoms with Gasteiger partial charge in [-0.1, -0.05) is 24.3 Å². The Bertz CT molecular complexity index is 854. The van der Waals surface area contributed by atoms with Crippen LogP contribution in [0, 0.1) is 0 Å². The van der Waals surface area contributed by atoms with E-state index in [1.54, 1.807) is 25.3 Å². The number of morpholine rings is 1. The summed E-state index contributed by atoms with van der Waals surface area (Å²) in [5, 5.41) is 5.62. The number of carbonyl (C=O) groups is 2. The fourth-order valence-corrected chi connectivity index (χ4v) is 3.81. The van der Waals surface area contributed by atoms with E-state index < -0.39 is 0 Å².